The van der Waals surface area contributed by atoms with Crippen LogP contribution in [-0.2, 0) is 4.79 Å². The van der Waals surface area contributed by atoms with Crippen molar-refractivity contribution < 1.29 is 9.53 Å². The Morgan fingerprint density at radius 2 is 1.85 bits per heavy atom. The number of benzene rings is 2. The lowest BCUT2D eigenvalue weighted by atomic mass is 9.95. The number of carbonyl (C=O) groups excluding carboxylic acids is 1. The Labute approximate surface area is 161 Å². The van der Waals surface area contributed by atoms with E-state index in [-0.39, 0.29) is 30.3 Å². The van der Waals surface area contributed by atoms with Gasteiger partial charge in [0, 0.05) is 25.0 Å². The number of hydrogen-bond donors (Lipinski definition) is 1. The summed E-state index contributed by atoms with van der Waals surface area (Å²) in [5.41, 5.74) is 9.80. The van der Waals surface area contributed by atoms with Gasteiger partial charge < -0.3 is 15.4 Å². The third kappa shape index (κ3) is 4.57. The van der Waals surface area contributed by atoms with E-state index in [0.29, 0.717) is 26.1 Å². The third-order valence-corrected chi connectivity index (χ3v) is 5.07. The van der Waals surface area contributed by atoms with Crippen LogP contribution in [-0.4, -0.2) is 36.5 Å². The van der Waals surface area contributed by atoms with Crippen molar-refractivity contribution in [2.75, 3.05) is 19.7 Å². The van der Waals surface area contributed by atoms with Crippen LogP contribution in [0.25, 0.3) is 0 Å². The number of aryl methyl sites for hydroxylation is 1. The fraction of sp³-hybridized carbons (Fsp3) is 0.381. The Morgan fingerprint density at radius 1 is 1.12 bits per heavy atom. The first kappa shape index (κ1) is 20.3. The average Bonchev–Trinajstić information content (AvgIpc) is 3.01. The molecule has 2 aromatic rings. The topological polar surface area (TPSA) is 55.6 Å². The predicted molar refractivity (Wildman–Crippen MR) is 107 cm³/mol. The lowest BCUT2D eigenvalue weighted by Crippen LogP contribution is -2.32. The SMILES string of the molecule is Cc1cccc(OCCC(=O)N2C[C@@H](N)[C@H](c3ccccc3)C2)c1C.Cl. The van der Waals surface area contributed by atoms with Crippen molar-refractivity contribution in [2.24, 2.45) is 5.73 Å². The van der Waals surface area contributed by atoms with Crippen molar-refractivity contribution in [1.82, 2.24) is 4.90 Å². The van der Waals surface area contributed by atoms with Crippen LogP contribution in [0.5, 0.6) is 5.75 Å². The first-order valence-electron chi connectivity index (χ1n) is 8.83. The maximum atomic E-state index is 12.5. The van der Waals surface area contributed by atoms with E-state index in [1.54, 1.807) is 0 Å². The fourth-order valence-corrected chi connectivity index (χ4v) is 3.37. The Bertz CT molecular complexity index is 736. The normalized spacial score (nSPS) is 19.1. The number of carbonyl (C=O) groups is 1. The van der Waals surface area contributed by atoms with Crippen LogP contribution >= 0.6 is 12.4 Å². The minimum atomic E-state index is -0.00807. The highest BCUT2D eigenvalue weighted by Crippen LogP contribution is 2.27. The molecule has 2 N–H and O–H groups in total. The van der Waals surface area contributed by atoms with Gasteiger partial charge in [0.1, 0.15) is 5.75 Å². The summed E-state index contributed by atoms with van der Waals surface area (Å²) in [7, 11) is 0. The van der Waals surface area contributed by atoms with Gasteiger partial charge >= 0.3 is 0 Å². The summed E-state index contributed by atoms with van der Waals surface area (Å²) in [5.74, 6) is 1.18. The highest BCUT2D eigenvalue weighted by Gasteiger charge is 2.33. The van der Waals surface area contributed by atoms with E-state index in [0.717, 1.165) is 11.3 Å². The summed E-state index contributed by atoms with van der Waals surface area (Å²) in [6.07, 6.45) is 0.377. The van der Waals surface area contributed by atoms with Crippen LogP contribution in [0.3, 0.4) is 0 Å². The predicted octanol–water partition coefficient (Wildman–Crippen LogP) is 3.45. The first-order valence-corrected chi connectivity index (χ1v) is 8.83. The van der Waals surface area contributed by atoms with Gasteiger partial charge in [0.05, 0.1) is 13.0 Å². The number of hydrogen-bond acceptors (Lipinski definition) is 3. The van der Waals surface area contributed by atoms with Gasteiger partial charge in [-0.1, -0.05) is 42.5 Å². The zero-order chi connectivity index (χ0) is 17.8. The van der Waals surface area contributed by atoms with Crippen molar-refractivity contribution >= 4 is 18.3 Å². The van der Waals surface area contributed by atoms with Gasteiger partial charge in [-0.3, -0.25) is 4.79 Å². The number of nitrogens with two attached hydrogens (primary N) is 1. The Kier molecular flexibility index (Phi) is 7.06. The molecule has 0 aliphatic carbocycles. The number of halogens is 1. The number of amides is 1. The van der Waals surface area contributed by atoms with Crippen LogP contribution in [0.1, 0.15) is 29.0 Å². The Morgan fingerprint density at radius 3 is 2.58 bits per heavy atom. The molecule has 5 heteroatoms. The Hall–Kier alpha value is -2.04. The molecule has 0 unspecified atom stereocenters. The smallest absolute Gasteiger partial charge is 0.226 e. The van der Waals surface area contributed by atoms with Crippen molar-refractivity contribution in [3.63, 3.8) is 0 Å². The summed E-state index contributed by atoms with van der Waals surface area (Å²) >= 11 is 0. The van der Waals surface area contributed by atoms with Crippen LogP contribution in [0.2, 0.25) is 0 Å². The monoisotopic (exact) mass is 374 g/mol. The van der Waals surface area contributed by atoms with Crippen molar-refractivity contribution in [2.45, 2.75) is 32.2 Å². The van der Waals surface area contributed by atoms with Crippen LogP contribution in [0, 0.1) is 13.8 Å². The van der Waals surface area contributed by atoms with Crippen LogP contribution in [0.15, 0.2) is 48.5 Å². The quantitative estimate of drug-likeness (QED) is 0.872. The van der Waals surface area contributed by atoms with Crippen LogP contribution < -0.4 is 10.5 Å². The molecule has 0 spiro atoms. The minimum Gasteiger partial charge on any atom is -0.493 e. The van der Waals surface area contributed by atoms with E-state index in [1.807, 2.05) is 42.2 Å². The second-order valence-corrected chi connectivity index (χ2v) is 6.78. The highest BCUT2D eigenvalue weighted by molar-refractivity contribution is 5.85. The molecule has 1 amide bonds. The number of ether oxygens (including phenoxy) is 1. The van der Waals surface area contributed by atoms with Gasteiger partial charge in [-0.2, -0.15) is 0 Å². The Balaban J connectivity index is 0.00000243. The first-order chi connectivity index (χ1) is 12.1. The molecule has 2 atom stereocenters. The molecule has 0 radical (unpaired) electrons. The standard InChI is InChI=1S/C21H26N2O2.ClH/c1-15-7-6-10-20(16(15)2)25-12-11-21(24)23-13-18(19(22)14-23)17-8-4-3-5-9-17;/h3-10,18-19H,11-14,22H2,1-2H3;1H/t18-,19+;/m0./s1. The molecule has 2 aromatic carbocycles. The third-order valence-electron chi connectivity index (χ3n) is 5.07. The molecule has 0 saturated carbocycles. The number of likely N-dealkylation sites (tertiary alicyclic amines) is 1. The summed E-state index contributed by atoms with van der Waals surface area (Å²) in [4.78, 5) is 14.4. The lowest BCUT2D eigenvalue weighted by Gasteiger charge is -2.17. The van der Waals surface area contributed by atoms with Crippen molar-refractivity contribution in [1.29, 1.82) is 0 Å². The second-order valence-electron chi connectivity index (χ2n) is 6.78. The van der Waals surface area contributed by atoms with Gasteiger partial charge in [-0.15, -0.1) is 12.4 Å². The van der Waals surface area contributed by atoms with E-state index >= 15 is 0 Å². The molecule has 0 bridgehead atoms. The zero-order valence-electron chi connectivity index (χ0n) is 15.4. The van der Waals surface area contributed by atoms with Crippen molar-refractivity contribution in [3.05, 3.63) is 65.2 Å². The largest absolute Gasteiger partial charge is 0.493 e. The van der Waals surface area contributed by atoms with E-state index in [2.05, 4.69) is 25.1 Å². The molecule has 26 heavy (non-hydrogen) atoms. The van der Waals surface area contributed by atoms with Crippen molar-refractivity contribution in [3.8, 4) is 5.75 Å². The van der Waals surface area contributed by atoms with Gasteiger partial charge in [0.15, 0.2) is 0 Å². The number of rotatable bonds is 5. The highest BCUT2D eigenvalue weighted by atomic mass is 35.5. The molecule has 0 aromatic heterocycles. The van der Waals surface area contributed by atoms with Gasteiger partial charge in [0.25, 0.3) is 0 Å². The minimum absolute atomic E-state index is 0. The molecule has 1 aliphatic heterocycles. The van der Waals surface area contributed by atoms with E-state index in [4.69, 9.17) is 10.5 Å². The van der Waals surface area contributed by atoms with E-state index < -0.39 is 0 Å². The van der Waals surface area contributed by atoms with E-state index in [1.165, 1.54) is 11.1 Å². The van der Waals surface area contributed by atoms with Gasteiger partial charge in [0.2, 0.25) is 5.91 Å². The lowest BCUT2D eigenvalue weighted by molar-refractivity contribution is -0.130. The zero-order valence-corrected chi connectivity index (χ0v) is 16.2. The molecular formula is C21H27ClN2O2. The molecule has 1 fully saturated rings. The summed E-state index contributed by atoms with van der Waals surface area (Å²) < 4.78 is 5.81. The van der Waals surface area contributed by atoms with Gasteiger partial charge in [-0.05, 0) is 36.6 Å². The van der Waals surface area contributed by atoms with E-state index in [9.17, 15) is 4.79 Å². The molecule has 140 valence electrons. The molecule has 1 aliphatic rings. The fourth-order valence-electron chi connectivity index (χ4n) is 3.37. The van der Waals surface area contributed by atoms with Gasteiger partial charge in [-0.25, -0.2) is 0 Å². The number of nitrogens with zero attached hydrogens (tertiary/aromatic N) is 1. The summed E-state index contributed by atoms with van der Waals surface area (Å²) in [6.45, 7) is 5.79. The maximum Gasteiger partial charge on any atom is 0.226 e. The molecule has 4 nitrogen and oxygen atoms in total. The molecular weight excluding hydrogens is 348 g/mol. The molecule has 1 saturated heterocycles. The maximum absolute atomic E-state index is 12.5. The summed E-state index contributed by atoms with van der Waals surface area (Å²) in [5, 5.41) is 0. The molecule has 1 heterocycles. The average molecular weight is 375 g/mol. The second kappa shape index (κ2) is 9.06. The summed E-state index contributed by atoms with van der Waals surface area (Å²) in [6, 6.07) is 16.2. The molecule has 3 rings (SSSR count). The van der Waals surface area contributed by atoms with Crippen LogP contribution in [0.4, 0.5) is 0 Å².